The van der Waals surface area contributed by atoms with Gasteiger partial charge < -0.3 is 0 Å². The molecule has 0 N–H and O–H groups in total. The summed E-state index contributed by atoms with van der Waals surface area (Å²) in [5, 5.41) is 0. The van der Waals surface area contributed by atoms with Crippen molar-refractivity contribution in [3.63, 3.8) is 0 Å². The van der Waals surface area contributed by atoms with Gasteiger partial charge in [-0.1, -0.05) is 31.6 Å². The summed E-state index contributed by atoms with van der Waals surface area (Å²) in [4.78, 5) is 11.8. The number of hydrogen-bond donors (Lipinski definition) is 0. The average molecular weight is 284 g/mol. The third-order valence-corrected chi connectivity index (χ3v) is 3.06. The lowest BCUT2D eigenvalue weighted by molar-refractivity contribution is -0.137. The summed E-state index contributed by atoms with van der Waals surface area (Å²) in [5.74, 6) is -0.0186. The Morgan fingerprint density at radius 2 is 1.50 bits per heavy atom. The highest BCUT2D eigenvalue weighted by molar-refractivity contribution is 5.91. The van der Waals surface area contributed by atoms with E-state index in [4.69, 9.17) is 0 Å². The molecule has 0 aliphatic heterocycles. The van der Waals surface area contributed by atoms with Gasteiger partial charge in [0, 0.05) is 6.42 Å². The van der Waals surface area contributed by atoms with Gasteiger partial charge in [-0.15, -0.1) is 0 Å². The second-order valence-corrected chi connectivity index (χ2v) is 5.82. The van der Waals surface area contributed by atoms with Gasteiger partial charge in [0.1, 0.15) is 0 Å². The van der Waals surface area contributed by atoms with Crippen LogP contribution in [0.25, 0.3) is 0 Å². The van der Waals surface area contributed by atoms with E-state index in [1.807, 2.05) is 27.7 Å². The van der Waals surface area contributed by atoms with Crippen molar-refractivity contribution in [2.45, 2.75) is 45.7 Å². The van der Waals surface area contributed by atoms with Crippen molar-refractivity contribution < 1.29 is 18.0 Å². The van der Waals surface area contributed by atoms with Gasteiger partial charge >= 0.3 is 6.18 Å². The predicted octanol–water partition coefficient (Wildman–Crippen LogP) is 4.91. The topological polar surface area (TPSA) is 17.1 Å². The van der Waals surface area contributed by atoms with Crippen LogP contribution in [0.4, 0.5) is 13.2 Å². The first kappa shape index (κ1) is 16.5. The first-order valence-corrected chi connectivity index (χ1v) is 6.38. The van der Waals surface area contributed by atoms with Crippen LogP contribution in [0.15, 0.2) is 35.9 Å². The second kappa shape index (κ2) is 5.81. The maximum absolute atomic E-state index is 12.5. The zero-order chi connectivity index (χ0) is 15.6. The second-order valence-electron chi connectivity index (χ2n) is 5.82. The fraction of sp³-hybridized carbons (Fsp3) is 0.438. The Hall–Kier alpha value is -1.58. The normalized spacial score (nSPS) is 12.2. The highest BCUT2D eigenvalue weighted by Gasteiger charge is 2.31. The molecule has 1 rings (SSSR count). The lowest BCUT2D eigenvalue weighted by atomic mass is 9.79. The summed E-state index contributed by atoms with van der Waals surface area (Å²) in [7, 11) is 0. The number of carbonyl (C=O) groups excluding carboxylic acids is 1. The highest BCUT2D eigenvalue weighted by Crippen LogP contribution is 2.33. The highest BCUT2D eigenvalue weighted by atomic mass is 19.4. The van der Waals surface area contributed by atoms with Gasteiger partial charge in [0.05, 0.1) is 5.56 Å². The lowest BCUT2D eigenvalue weighted by Gasteiger charge is -2.24. The van der Waals surface area contributed by atoms with E-state index >= 15 is 0 Å². The molecule has 0 spiro atoms. The number of benzene rings is 1. The van der Waals surface area contributed by atoms with Crippen LogP contribution < -0.4 is 0 Å². The number of hydrogen-bond acceptors (Lipinski definition) is 1. The quantitative estimate of drug-likeness (QED) is 0.718. The molecular formula is C16H19F3O. The molecule has 0 amide bonds. The van der Waals surface area contributed by atoms with Gasteiger partial charge in [-0.3, -0.25) is 4.79 Å². The molecule has 4 heteroatoms. The molecular weight excluding hydrogens is 265 g/mol. The standard InChI is InChI=1S/C16H19F3O/c1-11(2)9-14(20)10-15(3,4)12-5-7-13(8-6-12)16(17,18)19/h5-9H,10H2,1-4H3. The van der Waals surface area contributed by atoms with E-state index in [2.05, 4.69) is 0 Å². The molecule has 0 unspecified atom stereocenters. The number of carbonyl (C=O) groups is 1. The monoisotopic (exact) mass is 284 g/mol. The van der Waals surface area contributed by atoms with E-state index in [1.165, 1.54) is 12.1 Å². The molecule has 0 aromatic heterocycles. The lowest BCUT2D eigenvalue weighted by Crippen LogP contribution is -2.21. The largest absolute Gasteiger partial charge is 0.416 e. The Morgan fingerprint density at radius 3 is 1.90 bits per heavy atom. The molecule has 1 aromatic rings. The molecule has 0 saturated heterocycles. The van der Waals surface area contributed by atoms with Crippen LogP contribution in [0.1, 0.15) is 45.2 Å². The molecule has 0 aliphatic carbocycles. The number of rotatable bonds is 4. The van der Waals surface area contributed by atoms with Crippen molar-refractivity contribution >= 4 is 5.78 Å². The van der Waals surface area contributed by atoms with Crippen LogP contribution in [0.5, 0.6) is 0 Å². The van der Waals surface area contributed by atoms with E-state index in [-0.39, 0.29) is 12.2 Å². The first-order valence-electron chi connectivity index (χ1n) is 6.38. The van der Waals surface area contributed by atoms with Crippen LogP contribution in [0.3, 0.4) is 0 Å². The third-order valence-electron chi connectivity index (χ3n) is 3.06. The van der Waals surface area contributed by atoms with Crippen LogP contribution in [-0.4, -0.2) is 5.78 Å². The molecule has 0 bridgehead atoms. The number of ketones is 1. The Morgan fingerprint density at radius 1 is 1.05 bits per heavy atom. The summed E-state index contributed by atoms with van der Waals surface area (Å²) < 4.78 is 37.5. The van der Waals surface area contributed by atoms with Gasteiger partial charge in [-0.05, 0) is 43.0 Å². The van der Waals surface area contributed by atoms with Crippen molar-refractivity contribution in [1.29, 1.82) is 0 Å². The van der Waals surface area contributed by atoms with E-state index in [1.54, 1.807) is 6.08 Å². The summed E-state index contributed by atoms with van der Waals surface area (Å²) >= 11 is 0. The molecule has 1 aromatic carbocycles. The minimum atomic E-state index is -4.33. The van der Waals surface area contributed by atoms with Crippen molar-refractivity contribution in [1.82, 2.24) is 0 Å². The average Bonchev–Trinajstić information content (AvgIpc) is 2.26. The van der Waals surface area contributed by atoms with Gasteiger partial charge in [0.15, 0.2) is 5.78 Å². The maximum atomic E-state index is 12.5. The zero-order valence-electron chi connectivity index (χ0n) is 12.1. The van der Waals surface area contributed by atoms with Crippen LogP contribution in [0.2, 0.25) is 0 Å². The van der Waals surface area contributed by atoms with Gasteiger partial charge in [0.25, 0.3) is 0 Å². The Balaban J connectivity index is 2.93. The first-order chi connectivity index (χ1) is 9.02. The molecule has 0 atom stereocenters. The summed E-state index contributed by atoms with van der Waals surface area (Å²) in [6.45, 7) is 7.38. The molecule has 0 aliphatic rings. The van der Waals surface area contributed by atoms with Crippen molar-refractivity contribution in [3.8, 4) is 0 Å². The van der Waals surface area contributed by atoms with E-state index in [9.17, 15) is 18.0 Å². The van der Waals surface area contributed by atoms with Crippen LogP contribution >= 0.6 is 0 Å². The number of allylic oxidation sites excluding steroid dienone is 2. The fourth-order valence-electron chi connectivity index (χ4n) is 2.02. The smallest absolute Gasteiger partial charge is 0.295 e. The van der Waals surface area contributed by atoms with Crippen LogP contribution in [0, 0.1) is 0 Å². The Labute approximate surface area is 117 Å². The Bertz CT molecular complexity index is 504. The summed E-state index contributed by atoms with van der Waals surface area (Å²) in [5.41, 5.74) is 0.472. The molecule has 110 valence electrons. The predicted molar refractivity (Wildman–Crippen MR) is 73.5 cm³/mol. The van der Waals surface area contributed by atoms with Gasteiger partial charge in [-0.2, -0.15) is 13.2 Å². The minimum absolute atomic E-state index is 0.0186. The maximum Gasteiger partial charge on any atom is 0.416 e. The molecule has 20 heavy (non-hydrogen) atoms. The van der Waals surface area contributed by atoms with E-state index < -0.39 is 17.2 Å². The Kier molecular flexibility index (Phi) is 4.79. The van der Waals surface area contributed by atoms with Gasteiger partial charge in [0.2, 0.25) is 0 Å². The van der Waals surface area contributed by atoms with Crippen molar-refractivity contribution in [2.24, 2.45) is 0 Å². The molecule has 0 heterocycles. The fourth-order valence-corrected chi connectivity index (χ4v) is 2.02. The van der Waals surface area contributed by atoms with E-state index in [0.717, 1.165) is 23.3 Å². The minimum Gasteiger partial charge on any atom is -0.295 e. The number of halogens is 3. The molecule has 0 fully saturated rings. The molecule has 0 radical (unpaired) electrons. The molecule has 0 saturated carbocycles. The van der Waals surface area contributed by atoms with Crippen molar-refractivity contribution in [3.05, 3.63) is 47.0 Å². The number of alkyl halides is 3. The zero-order valence-corrected chi connectivity index (χ0v) is 12.1. The van der Waals surface area contributed by atoms with Crippen molar-refractivity contribution in [2.75, 3.05) is 0 Å². The third kappa shape index (κ3) is 4.51. The van der Waals surface area contributed by atoms with Crippen LogP contribution in [-0.2, 0) is 16.4 Å². The molecule has 1 nitrogen and oxygen atoms in total. The van der Waals surface area contributed by atoms with E-state index in [0.29, 0.717) is 0 Å². The summed E-state index contributed by atoms with van der Waals surface area (Å²) in [6.07, 6.45) is -2.50. The summed E-state index contributed by atoms with van der Waals surface area (Å²) in [6, 6.07) is 5.00. The van der Waals surface area contributed by atoms with Gasteiger partial charge in [-0.25, -0.2) is 0 Å². The SMILES string of the molecule is CC(C)=CC(=O)CC(C)(C)c1ccc(C(F)(F)F)cc1.